The molecule has 0 unspecified atom stereocenters. The molecule has 1 fully saturated rings. The van der Waals surface area contributed by atoms with Gasteiger partial charge in [0, 0.05) is 33.2 Å². The van der Waals surface area contributed by atoms with E-state index in [1.807, 2.05) is 29.2 Å². The normalized spacial score (nSPS) is 18.6. The van der Waals surface area contributed by atoms with E-state index in [4.69, 9.17) is 4.42 Å². The Labute approximate surface area is 179 Å². The molecule has 8 heteroatoms. The molecule has 0 atom stereocenters. The Bertz CT molecular complexity index is 968. The van der Waals surface area contributed by atoms with Crippen LogP contribution in [0.4, 0.5) is 0 Å². The molecule has 0 amide bonds. The number of hydrogen-bond donors (Lipinski definition) is 1. The highest BCUT2D eigenvalue weighted by atomic mass is 32.2. The lowest BCUT2D eigenvalue weighted by molar-refractivity contribution is 0.287. The van der Waals surface area contributed by atoms with Crippen LogP contribution in [0.2, 0.25) is 0 Å². The van der Waals surface area contributed by atoms with Crippen molar-refractivity contribution in [3.05, 3.63) is 59.5 Å². The summed E-state index contributed by atoms with van der Waals surface area (Å²) in [5.74, 6) is 1.82. The molecule has 0 radical (unpaired) electrons. The first-order chi connectivity index (χ1) is 14.2. The van der Waals surface area contributed by atoms with Crippen LogP contribution in [0.5, 0.6) is 0 Å². The lowest BCUT2D eigenvalue weighted by Crippen LogP contribution is -2.57. The summed E-state index contributed by atoms with van der Waals surface area (Å²) in [7, 11) is 0.727. The quantitative estimate of drug-likeness (QED) is 0.558. The zero-order valence-corrected chi connectivity index (χ0v) is 19.1. The number of nitrogens with zero attached hydrogens (tertiary/aromatic N) is 3. The number of benzene rings is 1. The van der Waals surface area contributed by atoms with Gasteiger partial charge in [0.1, 0.15) is 5.76 Å². The Balaban J connectivity index is 1.64. The van der Waals surface area contributed by atoms with Gasteiger partial charge in [-0.2, -0.15) is 0 Å². The van der Waals surface area contributed by atoms with Gasteiger partial charge in [-0.25, -0.2) is 8.42 Å². The van der Waals surface area contributed by atoms with Gasteiger partial charge in [0.2, 0.25) is 0 Å². The molecule has 1 aromatic carbocycles. The molecule has 1 aromatic heterocycles. The fourth-order valence-corrected chi connectivity index (χ4v) is 5.10. The van der Waals surface area contributed by atoms with Gasteiger partial charge in [-0.15, -0.1) is 0 Å². The van der Waals surface area contributed by atoms with Crippen molar-refractivity contribution in [3.63, 3.8) is 0 Å². The Kier molecular flexibility index (Phi) is 6.88. The number of guanidine groups is 1. The van der Waals surface area contributed by atoms with E-state index in [0.717, 1.165) is 24.8 Å². The third kappa shape index (κ3) is 5.23. The van der Waals surface area contributed by atoms with Gasteiger partial charge in [0.15, 0.2) is 15.8 Å². The topological polar surface area (TPSA) is 78.2 Å². The summed E-state index contributed by atoms with van der Waals surface area (Å²) in [5.41, 5.74) is 2.42. The Morgan fingerprint density at radius 3 is 2.57 bits per heavy atom. The second-order valence-corrected chi connectivity index (χ2v) is 11.2. The van der Waals surface area contributed by atoms with Crippen molar-refractivity contribution >= 4 is 15.8 Å². The van der Waals surface area contributed by atoms with Gasteiger partial charge in [0.05, 0.1) is 23.3 Å². The summed E-state index contributed by atoms with van der Waals surface area (Å²) in [5, 5.41) is 3.42. The highest BCUT2D eigenvalue weighted by Crippen LogP contribution is 2.24. The average Bonchev–Trinajstić information content (AvgIpc) is 3.19. The maximum absolute atomic E-state index is 12.3. The van der Waals surface area contributed by atoms with Crippen LogP contribution in [0, 0.1) is 0 Å². The number of aliphatic imine (C=N–C) groups is 1. The van der Waals surface area contributed by atoms with Crippen molar-refractivity contribution in [2.75, 3.05) is 32.9 Å². The zero-order chi connectivity index (χ0) is 21.8. The van der Waals surface area contributed by atoms with E-state index in [0.29, 0.717) is 19.6 Å². The molecular formula is C22H32N4O3S. The molecule has 0 bridgehead atoms. The van der Waals surface area contributed by atoms with E-state index in [1.165, 1.54) is 11.1 Å². The standard InChI is InChI=1S/C22H32N4O3S/c1-22(2)17-26(11-13-30(22,27)28)21(23-3)24-14-18-8-5-6-9-19(18)15-25(4)16-20-10-7-12-29-20/h5-10,12H,11,13-17H2,1-4H3,(H,23,24). The molecule has 7 nitrogen and oxygen atoms in total. The highest BCUT2D eigenvalue weighted by Gasteiger charge is 2.40. The zero-order valence-electron chi connectivity index (χ0n) is 18.3. The first kappa shape index (κ1) is 22.4. The van der Waals surface area contributed by atoms with E-state index < -0.39 is 14.6 Å². The minimum absolute atomic E-state index is 0.148. The summed E-state index contributed by atoms with van der Waals surface area (Å²) >= 11 is 0. The first-order valence-corrected chi connectivity index (χ1v) is 11.8. The third-order valence-electron chi connectivity index (χ3n) is 5.56. The van der Waals surface area contributed by atoms with E-state index in [2.05, 4.69) is 34.4 Å². The average molecular weight is 433 g/mol. The number of furan rings is 1. The molecule has 0 saturated carbocycles. The van der Waals surface area contributed by atoms with Gasteiger partial charge < -0.3 is 14.6 Å². The molecule has 1 aliphatic rings. The fourth-order valence-electron chi connectivity index (χ4n) is 3.73. The molecule has 0 aliphatic carbocycles. The van der Waals surface area contributed by atoms with Crippen LogP contribution in [0.15, 0.2) is 52.1 Å². The Morgan fingerprint density at radius 1 is 1.20 bits per heavy atom. The third-order valence-corrected chi connectivity index (χ3v) is 8.09. The lowest BCUT2D eigenvalue weighted by Gasteiger charge is -2.39. The van der Waals surface area contributed by atoms with Crippen LogP contribution in [-0.4, -0.2) is 61.9 Å². The molecule has 2 aromatic rings. The second-order valence-electron chi connectivity index (χ2n) is 8.42. The van der Waals surface area contributed by atoms with Crippen LogP contribution in [0.1, 0.15) is 30.7 Å². The summed E-state index contributed by atoms with van der Waals surface area (Å²) < 4.78 is 29.3. The van der Waals surface area contributed by atoms with Crippen LogP contribution >= 0.6 is 0 Å². The molecule has 30 heavy (non-hydrogen) atoms. The monoisotopic (exact) mass is 432 g/mol. The van der Waals surface area contributed by atoms with Gasteiger partial charge in [-0.05, 0) is 44.2 Å². The fraction of sp³-hybridized carbons (Fsp3) is 0.500. The minimum atomic E-state index is -3.08. The summed E-state index contributed by atoms with van der Waals surface area (Å²) in [6.45, 7) is 6.63. The minimum Gasteiger partial charge on any atom is -0.468 e. The van der Waals surface area contributed by atoms with Crippen LogP contribution in [0.25, 0.3) is 0 Å². The SMILES string of the molecule is CN=C(NCc1ccccc1CN(C)Cc1ccco1)N1CCS(=O)(=O)C(C)(C)C1. The van der Waals surface area contributed by atoms with Crippen molar-refractivity contribution in [2.24, 2.45) is 4.99 Å². The second kappa shape index (κ2) is 9.22. The molecule has 1 N–H and O–H groups in total. The van der Waals surface area contributed by atoms with Crippen molar-refractivity contribution in [3.8, 4) is 0 Å². The van der Waals surface area contributed by atoms with Crippen LogP contribution in [-0.2, 0) is 29.5 Å². The van der Waals surface area contributed by atoms with Gasteiger partial charge in [-0.3, -0.25) is 9.89 Å². The van der Waals surface area contributed by atoms with Crippen molar-refractivity contribution < 1.29 is 12.8 Å². The molecule has 0 spiro atoms. The van der Waals surface area contributed by atoms with Crippen LogP contribution in [0.3, 0.4) is 0 Å². The Hall–Kier alpha value is -2.32. The van der Waals surface area contributed by atoms with Crippen molar-refractivity contribution in [2.45, 2.75) is 38.2 Å². The number of nitrogens with one attached hydrogen (secondary N) is 1. The number of rotatable bonds is 6. The van der Waals surface area contributed by atoms with E-state index in [1.54, 1.807) is 27.2 Å². The first-order valence-electron chi connectivity index (χ1n) is 10.2. The Morgan fingerprint density at radius 2 is 1.93 bits per heavy atom. The largest absolute Gasteiger partial charge is 0.468 e. The molecule has 1 aliphatic heterocycles. The predicted molar refractivity (Wildman–Crippen MR) is 120 cm³/mol. The van der Waals surface area contributed by atoms with Gasteiger partial charge in [-0.1, -0.05) is 24.3 Å². The maximum Gasteiger partial charge on any atom is 0.193 e. The molecule has 3 rings (SSSR count). The van der Waals surface area contributed by atoms with E-state index in [9.17, 15) is 8.42 Å². The molecule has 2 heterocycles. The van der Waals surface area contributed by atoms with E-state index >= 15 is 0 Å². The van der Waals surface area contributed by atoms with Gasteiger partial charge in [0.25, 0.3) is 0 Å². The molecular weight excluding hydrogens is 400 g/mol. The summed E-state index contributed by atoms with van der Waals surface area (Å²) in [6.07, 6.45) is 1.69. The molecule has 164 valence electrons. The van der Waals surface area contributed by atoms with Crippen molar-refractivity contribution in [1.82, 2.24) is 15.1 Å². The van der Waals surface area contributed by atoms with E-state index in [-0.39, 0.29) is 5.75 Å². The smallest absolute Gasteiger partial charge is 0.193 e. The summed E-state index contributed by atoms with van der Waals surface area (Å²) in [4.78, 5) is 8.64. The number of sulfone groups is 1. The van der Waals surface area contributed by atoms with Crippen molar-refractivity contribution in [1.29, 1.82) is 0 Å². The maximum atomic E-state index is 12.3. The summed E-state index contributed by atoms with van der Waals surface area (Å²) in [6, 6.07) is 12.2. The predicted octanol–water partition coefficient (Wildman–Crippen LogP) is 2.50. The van der Waals surface area contributed by atoms with Gasteiger partial charge >= 0.3 is 0 Å². The molecule has 1 saturated heterocycles. The highest BCUT2D eigenvalue weighted by molar-refractivity contribution is 7.92. The lowest BCUT2D eigenvalue weighted by atomic mass is 10.1. The van der Waals surface area contributed by atoms with Crippen LogP contribution < -0.4 is 5.32 Å². The number of hydrogen-bond acceptors (Lipinski definition) is 5.